The predicted molar refractivity (Wildman–Crippen MR) is 73.0 cm³/mol. The highest BCUT2D eigenvalue weighted by atomic mass is 32.2. The molecule has 1 fully saturated rings. The molecule has 0 amide bonds. The van der Waals surface area contributed by atoms with Crippen molar-refractivity contribution in [3.63, 3.8) is 0 Å². The number of piperidine rings is 1. The standard InChI is InChI=1S/C12H16N4O3S/c1-14-12(17)16-9-10(5-6-11(16)13-14)20(18,19)15-7-3-2-4-8-15/h5-6,9H,2-4,7-8H2,1H3. The lowest BCUT2D eigenvalue weighted by molar-refractivity contribution is 0.346. The third kappa shape index (κ3) is 2.04. The summed E-state index contributed by atoms with van der Waals surface area (Å²) in [5.74, 6) is 0. The molecule has 1 aliphatic rings. The highest BCUT2D eigenvalue weighted by molar-refractivity contribution is 7.89. The average Bonchev–Trinajstić information content (AvgIpc) is 2.75. The number of hydrogen-bond acceptors (Lipinski definition) is 4. The molecule has 2 aromatic heterocycles. The zero-order valence-electron chi connectivity index (χ0n) is 11.2. The van der Waals surface area contributed by atoms with Crippen LogP contribution in [0.15, 0.2) is 28.0 Å². The Bertz CT molecular complexity index is 800. The molecule has 108 valence electrons. The van der Waals surface area contributed by atoms with Crippen molar-refractivity contribution in [1.29, 1.82) is 0 Å². The van der Waals surface area contributed by atoms with Crippen molar-refractivity contribution in [3.05, 3.63) is 28.8 Å². The van der Waals surface area contributed by atoms with Crippen LogP contribution in [0, 0.1) is 0 Å². The first-order valence-electron chi connectivity index (χ1n) is 6.56. The fraction of sp³-hybridized carbons (Fsp3) is 0.500. The lowest BCUT2D eigenvalue weighted by Crippen LogP contribution is -2.35. The summed E-state index contributed by atoms with van der Waals surface area (Å²) in [6.45, 7) is 1.09. The minimum absolute atomic E-state index is 0.141. The fourth-order valence-electron chi connectivity index (χ4n) is 2.47. The molecule has 3 rings (SSSR count). The molecule has 0 radical (unpaired) electrons. The third-order valence-corrected chi connectivity index (χ3v) is 5.47. The first-order valence-corrected chi connectivity index (χ1v) is 8.00. The molecule has 0 unspecified atom stereocenters. The van der Waals surface area contributed by atoms with Crippen molar-refractivity contribution in [2.24, 2.45) is 7.05 Å². The van der Waals surface area contributed by atoms with Gasteiger partial charge in [0.2, 0.25) is 10.0 Å². The summed E-state index contributed by atoms with van der Waals surface area (Å²) in [6, 6.07) is 3.06. The molecule has 0 bridgehead atoms. The van der Waals surface area contributed by atoms with E-state index in [0.717, 1.165) is 19.3 Å². The molecule has 0 aliphatic carbocycles. The molecule has 8 heteroatoms. The largest absolute Gasteiger partial charge is 0.350 e. The summed E-state index contributed by atoms with van der Waals surface area (Å²) >= 11 is 0. The molecule has 7 nitrogen and oxygen atoms in total. The second-order valence-electron chi connectivity index (χ2n) is 4.96. The Morgan fingerprint density at radius 2 is 1.85 bits per heavy atom. The van der Waals surface area contributed by atoms with Crippen LogP contribution in [0.3, 0.4) is 0 Å². The second-order valence-corrected chi connectivity index (χ2v) is 6.90. The van der Waals surface area contributed by atoms with Crippen LogP contribution >= 0.6 is 0 Å². The van der Waals surface area contributed by atoms with Crippen molar-refractivity contribution < 1.29 is 8.42 Å². The molecule has 0 atom stereocenters. The summed E-state index contributed by atoms with van der Waals surface area (Å²) in [5, 5.41) is 4.01. The summed E-state index contributed by atoms with van der Waals surface area (Å²) in [7, 11) is -1.99. The Labute approximate surface area is 116 Å². The first kappa shape index (κ1) is 13.3. The van der Waals surface area contributed by atoms with Crippen LogP contribution in [0.2, 0.25) is 0 Å². The van der Waals surface area contributed by atoms with E-state index in [2.05, 4.69) is 5.10 Å². The molecular weight excluding hydrogens is 280 g/mol. The van der Waals surface area contributed by atoms with Crippen molar-refractivity contribution >= 4 is 15.7 Å². The first-order chi connectivity index (χ1) is 9.50. The number of aromatic nitrogens is 3. The summed E-state index contributed by atoms with van der Waals surface area (Å²) < 4.78 is 29.0. The SMILES string of the molecule is Cn1nc2ccc(S(=O)(=O)N3CCCCC3)cn2c1=O. The van der Waals surface area contributed by atoms with Gasteiger partial charge in [0.15, 0.2) is 5.65 Å². The summed E-state index contributed by atoms with van der Waals surface area (Å²) in [5.41, 5.74) is 0.0887. The maximum atomic E-state index is 12.5. The fourth-order valence-corrected chi connectivity index (χ4v) is 3.98. The van der Waals surface area contributed by atoms with Crippen LogP contribution in [0.4, 0.5) is 0 Å². The van der Waals surface area contributed by atoms with E-state index in [0.29, 0.717) is 18.7 Å². The van der Waals surface area contributed by atoms with Gasteiger partial charge in [-0.3, -0.25) is 0 Å². The van der Waals surface area contributed by atoms with Gasteiger partial charge in [0.1, 0.15) is 0 Å². The van der Waals surface area contributed by atoms with Gasteiger partial charge in [0, 0.05) is 26.3 Å². The van der Waals surface area contributed by atoms with Gasteiger partial charge < -0.3 is 0 Å². The van der Waals surface area contributed by atoms with Gasteiger partial charge in [0.25, 0.3) is 0 Å². The summed E-state index contributed by atoms with van der Waals surface area (Å²) in [6.07, 6.45) is 4.18. The quantitative estimate of drug-likeness (QED) is 0.793. The van der Waals surface area contributed by atoms with E-state index in [-0.39, 0.29) is 10.6 Å². The van der Waals surface area contributed by atoms with Gasteiger partial charge in [-0.2, -0.15) is 9.40 Å². The lowest BCUT2D eigenvalue weighted by atomic mass is 10.2. The van der Waals surface area contributed by atoms with Crippen molar-refractivity contribution in [1.82, 2.24) is 18.5 Å². The molecule has 20 heavy (non-hydrogen) atoms. The van der Waals surface area contributed by atoms with E-state index in [1.807, 2.05) is 0 Å². The van der Waals surface area contributed by atoms with Crippen molar-refractivity contribution in [3.8, 4) is 0 Å². The van der Waals surface area contributed by atoms with Crippen LogP contribution in [0.5, 0.6) is 0 Å². The van der Waals surface area contributed by atoms with Gasteiger partial charge in [-0.15, -0.1) is 0 Å². The minimum Gasteiger partial charge on any atom is -0.249 e. The second kappa shape index (κ2) is 4.71. The van der Waals surface area contributed by atoms with Crippen molar-refractivity contribution in [2.45, 2.75) is 24.2 Å². The molecule has 1 aliphatic heterocycles. The number of aryl methyl sites for hydroxylation is 1. The van der Waals surface area contributed by atoms with Crippen LogP contribution in [0.1, 0.15) is 19.3 Å². The highest BCUT2D eigenvalue weighted by Crippen LogP contribution is 2.20. The normalized spacial score (nSPS) is 17.6. The molecule has 1 saturated heterocycles. The van der Waals surface area contributed by atoms with Crippen LogP contribution in [-0.2, 0) is 17.1 Å². The van der Waals surface area contributed by atoms with E-state index in [1.165, 1.54) is 32.7 Å². The number of pyridine rings is 1. The molecule has 3 heterocycles. The Balaban J connectivity index is 2.09. The maximum absolute atomic E-state index is 12.5. The van der Waals surface area contributed by atoms with Crippen molar-refractivity contribution in [2.75, 3.05) is 13.1 Å². The van der Waals surface area contributed by atoms with E-state index < -0.39 is 10.0 Å². The van der Waals surface area contributed by atoms with Crippen LogP contribution < -0.4 is 5.69 Å². The lowest BCUT2D eigenvalue weighted by Gasteiger charge is -2.25. The monoisotopic (exact) mass is 296 g/mol. The average molecular weight is 296 g/mol. The van der Waals surface area contributed by atoms with Crippen LogP contribution in [-0.4, -0.2) is 40.0 Å². The Kier molecular flexibility index (Phi) is 3.14. The molecular formula is C12H16N4O3S. The summed E-state index contributed by atoms with van der Waals surface area (Å²) in [4.78, 5) is 12.0. The maximum Gasteiger partial charge on any atom is 0.350 e. The van der Waals surface area contributed by atoms with Gasteiger partial charge >= 0.3 is 5.69 Å². The third-order valence-electron chi connectivity index (χ3n) is 3.59. The van der Waals surface area contributed by atoms with Gasteiger partial charge in [-0.25, -0.2) is 22.3 Å². The Hall–Kier alpha value is -1.67. The van der Waals surface area contributed by atoms with E-state index in [9.17, 15) is 13.2 Å². The van der Waals surface area contributed by atoms with Crippen LogP contribution in [0.25, 0.3) is 5.65 Å². The zero-order valence-corrected chi connectivity index (χ0v) is 12.0. The van der Waals surface area contributed by atoms with E-state index in [4.69, 9.17) is 0 Å². The molecule has 0 spiro atoms. The predicted octanol–water partition coefficient (Wildman–Crippen LogP) is 0.208. The zero-order chi connectivity index (χ0) is 14.3. The Morgan fingerprint density at radius 1 is 1.15 bits per heavy atom. The molecule has 2 aromatic rings. The van der Waals surface area contributed by atoms with E-state index in [1.54, 1.807) is 6.07 Å². The topological polar surface area (TPSA) is 76.7 Å². The number of rotatable bonds is 2. The molecule has 0 aromatic carbocycles. The molecule has 0 saturated carbocycles. The van der Waals surface area contributed by atoms with Gasteiger partial charge in [-0.05, 0) is 25.0 Å². The van der Waals surface area contributed by atoms with Gasteiger partial charge in [0.05, 0.1) is 4.90 Å². The Morgan fingerprint density at radius 3 is 2.55 bits per heavy atom. The number of nitrogens with zero attached hydrogens (tertiary/aromatic N) is 4. The smallest absolute Gasteiger partial charge is 0.249 e. The molecule has 0 N–H and O–H groups in total. The number of sulfonamides is 1. The highest BCUT2D eigenvalue weighted by Gasteiger charge is 2.26. The minimum atomic E-state index is -3.52. The number of fused-ring (bicyclic) bond motifs is 1. The van der Waals surface area contributed by atoms with Gasteiger partial charge in [-0.1, -0.05) is 6.42 Å². The number of hydrogen-bond donors (Lipinski definition) is 0. The van der Waals surface area contributed by atoms with E-state index >= 15 is 0 Å².